The molecule has 1 unspecified atom stereocenters. The molecule has 1 aliphatic heterocycles. The molecule has 3 N–H and O–H groups in total. The molecule has 1 fully saturated rings. The number of imidazole rings is 1. The molecule has 0 saturated carbocycles. The van der Waals surface area contributed by atoms with E-state index in [-0.39, 0.29) is 5.95 Å². The third-order valence-corrected chi connectivity index (χ3v) is 5.03. The molecule has 0 radical (unpaired) electrons. The van der Waals surface area contributed by atoms with Gasteiger partial charge in [-0.05, 0) is 6.42 Å². The van der Waals surface area contributed by atoms with Gasteiger partial charge in [0.25, 0.3) is 0 Å². The third-order valence-electron chi connectivity index (χ3n) is 4.05. The second kappa shape index (κ2) is 6.94. The first kappa shape index (κ1) is 18.2. The molecule has 2 aromatic rings. The predicted octanol–water partition coefficient (Wildman–Crippen LogP) is 0.863. The Balaban J connectivity index is 1.98. The summed E-state index contributed by atoms with van der Waals surface area (Å²) in [6.07, 6.45) is 0.914. The second-order valence-corrected chi connectivity index (χ2v) is 7.00. The van der Waals surface area contributed by atoms with Gasteiger partial charge < -0.3 is 20.1 Å². The van der Waals surface area contributed by atoms with E-state index >= 15 is 0 Å². The molecule has 1 saturated heterocycles. The summed E-state index contributed by atoms with van der Waals surface area (Å²) in [5, 5.41) is 0. The van der Waals surface area contributed by atoms with Crippen LogP contribution in [0.2, 0.25) is 0 Å². The first-order valence-corrected chi connectivity index (χ1v) is 9.10. The Labute approximate surface area is 143 Å². The highest BCUT2D eigenvalue weighted by Gasteiger charge is 2.49. The zero-order valence-electron chi connectivity index (χ0n) is 14.0. The number of phosphoric ester groups is 1. The lowest BCUT2D eigenvalue weighted by atomic mass is 10.1. The number of phosphoric acid groups is 1. The van der Waals surface area contributed by atoms with Gasteiger partial charge in [0.1, 0.15) is 17.7 Å². The summed E-state index contributed by atoms with van der Waals surface area (Å²) in [6.45, 7) is 1.87. The number of nitrogens with zero attached hydrogens (tertiary/aromatic N) is 4. The summed E-state index contributed by atoms with van der Waals surface area (Å²) in [6, 6.07) is 0. The number of fused-ring (bicyclic) bond motifs is 1. The van der Waals surface area contributed by atoms with E-state index < -0.39 is 32.4 Å². The van der Waals surface area contributed by atoms with Crippen molar-refractivity contribution >= 4 is 24.9 Å². The maximum Gasteiger partial charge on any atom is 0.472 e. The molecule has 2 aromatic heterocycles. The van der Waals surface area contributed by atoms with Crippen molar-refractivity contribution < 1.29 is 28.0 Å². The highest BCUT2D eigenvalue weighted by molar-refractivity contribution is 7.47. The van der Waals surface area contributed by atoms with E-state index in [1.54, 1.807) is 4.57 Å². The molecule has 0 amide bonds. The van der Waals surface area contributed by atoms with Crippen molar-refractivity contribution in [2.24, 2.45) is 0 Å². The Morgan fingerprint density at radius 1 is 1.40 bits per heavy atom. The monoisotopic (exact) mass is 373 g/mol. The first-order chi connectivity index (χ1) is 11.9. The van der Waals surface area contributed by atoms with Gasteiger partial charge >= 0.3 is 7.82 Å². The minimum atomic E-state index is -4.21. The quantitative estimate of drug-likeness (QED) is 0.700. The number of nitrogen functional groups attached to an aromatic ring is 1. The highest BCUT2D eigenvalue weighted by Crippen LogP contribution is 2.48. The highest BCUT2D eigenvalue weighted by atomic mass is 31.2. The fourth-order valence-electron chi connectivity index (χ4n) is 2.86. The Kier molecular flexibility index (Phi) is 5.05. The molecule has 3 rings (SSSR count). The molecular formula is C13H20N5O6P. The van der Waals surface area contributed by atoms with Crippen molar-refractivity contribution in [2.45, 2.75) is 37.9 Å². The predicted molar refractivity (Wildman–Crippen MR) is 86.4 cm³/mol. The van der Waals surface area contributed by atoms with Gasteiger partial charge in [-0.2, -0.15) is 4.98 Å². The number of anilines is 1. The van der Waals surface area contributed by atoms with Crippen LogP contribution >= 0.6 is 7.82 Å². The van der Waals surface area contributed by atoms with Gasteiger partial charge in [-0.1, -0.05) is 6.92 Å². The van der Waals surface area contributed by atoms with Crippen LogP contribution in [0.5, 0.6) is 0 Å². The number of hydrogen-bond donors (Lipinski definition) is 2. The van der Waals surface area contributed by atoms with Crippen LogP contribution in [0, 0.1) is 0 Å². The zero-order chi connectivity index (χ0) is 18.2. The summed E-state index contributed by atoms with van der Waals surface area (Å²) < 4.78 is 34.8. The van der Waals surface area contributed by atoms with Crippen molar-refractivity contribution in [1.29, 1.82) is 0 Å². The first-order valence-electron chi connectivity index (χ1n) is 7.60. The fraction of sp³-hybridized carbons (Fsp3) is 0.615. The molecule has 25 heavy (non-hydrogen) atoms. The van der Waals surface area contributed by atoms with Gasteiger partial charge in [0.15, 0.2) is 11.9 Å². The van der Waals surface area contributed by atoms with Crippen LogP contribution in [0.1, 0.15) is 19.6 Å². The van der Waals surface area contributed by atoms with Gasteiger partial charge in [0, 0.05) is 14.2 Å². The van der Waals surface area contributed by atoms with Crippen LogP contribution < -0.4 is 5.73 Å². The van der Waals surface area contributed by atoms with Crippen molar-refractivity contribution in [3.8, 4) is 0 Å². The van der Waals surface area contributed by atoms with E-state index in [0.29, 0.717) is 17.6 Å². The fourth-order valence-corrected chi connectivity index (χ4v) is 3.51. The third kappa shape index (κ3) is 3.39. The number of aromatic nitrogens is 4. The summed E-state index contributed by atoms with van der Waals surface area (Å²) in [5.41, 5.74) is 6.66. The topological polar surface area (TPSA) is 144 Å². The molecule has 11 nitrogen and oxygen atoms in total. The standard InChI is InChI=1S/C13H20N5O6P/c1-4-8-9(24-25(19,20)22-3)10(21-2)12(23-8)18-6-16-7-5-15-13(14)17-11(7)18/h5-6,8-10,12H,4H2,1-3H3,(H,19,20)(H2,14,15,17)/t8-,9+,10+,12-/m1/s1. The molecular weight excluding hydrogens is 353 g/mol. The lowest BCUT2D eigenvalue weighted by molar-refractivity contribution is -0.0497. The number of ether oxygens (including phenoxy) is 2. The van der Waals surface area contributed by atoms with Gasteiger partial charge in [-0.3, -0.25) is 13.6 Å². The Morgan fingerprint density at radius 2 is 2.16 bits per heavy atom. The van der Waals surface area contributed by atoms with E-state index in [1.165, 1.54) is 19.6 Å². The minimum Gasteiger partial charge on any atom is -0.374 e. The Bertz CT molecular complexity index is 800. The number of methoxy groups -OCH3 is 1. The molecule has 12 heteroatoms. The van der Waals surface area contributed by atoms with Crippen molar-refractivity contribution in [2.75, 3.05) is 20.0 Å². The van der Waals surface area contributed by atoms with Gasteiger partial charge in [-0.25, -0.2) is 14.5 Å². The van der Waals surface area contributed by atoms with Crippen LogP contribution in [0.3, 0.4) is 0 Å². The lowest BCUT2D eigenvalue weighted by Gasteiger charge is -2.24. The van der Waals surface area contributed by atoms with E-state index in [2.05, 4.69) is 19.5 Å². The van der Waals surface area contributed by atoms with E-state index in [0.717, 1.165) is 7.11 Å². The molecule has 5 atom stereocenters. The normalized spacial score (nSPS) is 29.1. The van der Waals surface area contributed by atoms with Crippen LogP contribution in [0.4, 0.5) is 5.95 Å². The van der Waals surface area contributed by atoms with Crippen LogP contribution in [0.25, 0.3) is 11.2 Å². The Hall–Kier alpha value is -1.62. The van der Waals surface area contributed by atoms with E-state index in [1.807, 2.05) is 6.92 Å². The molecule has 138 valence electrons. The molecule has 0 bridgehead atoms. The van der Waals surface area contributed by atoms with Crippen LogP contribution in [-0.4, -0.2) is 56.9 Å². The summed E-state index contributed by atoms with van der Waals surface area (Å²) in [7, 11) is -1.65. The largest absolute Gasteiger partial charge is 0.472 e. The smallest absolute Gasteiger partial charge is 0.374 e. The maximum atomic E-state index is 11.9. The maximum absolute atomic E-state index is 11.9. The van der Waals surface area contributed by atoms with Crippen molar-refractivity contribution in [3.63, 3.8) is 0 Å². The van der Waals surface area contributed by atoms with Gasteiger partial charge in [0.05, 0.1) is 18.6 Å². The summed E-state index contributed by atoms with van der Waals surface area (Å²) >= 11 is 0. The molecule has 0 aliphatic carbocycles. The van der Waals surface area contributed by atoms with Crippen molar-refractivity contribution in [3.05, 3.63) is 12.5 Å². The summed E-state index contributed by atoms with van der Waals surface area (Å²) in [4.78, 5) is 22.0. The average molecular weight is 373 g/mol. The zero-order valence-corrected chi connectivity index (χ0v) is 14.9. The van der Waals surface area contributed by atoms with Crippen molar-refractivity contribution in [1.82, 2.24) is 19.5 Å². The van der Waals surface area contributed by atoms with Gasteiger partial charge in [0.2, 0.25) is 5.95 Å². The number of hydrogen-bond acceptors (Lipinski definition) is 9. The minimum absolute atomic E-state index is 0.0975. The van der Waals surface area contributed by atoms with Gasteiger partial charge in [-0.15, -0.1) is 0 Å². The Morgan fingerprint density at radius 3 is 2.80 bits per heavy atom. The number of rotatable bonds is 6. The SMILES string of the molecule is CC[C@H]1O[C@@H](n2cnc3cnc(N)nc32)[C@@H](OC)[C@H]1OP(=O)(O)OC. The summed E-state index contributed by atoms with van der Waals surface area (Å²) in [5.74, 6) is 0.0975. The van der Waals surface area contributed by atoms with E-state index in [9.17, 15) is 9.46 Å². The molecule has 3 heterocycles. The second-order valence-electron chi connectivity index (χ2n) is 5.48. The molecule has 1 aliphatic rings. The molecule has 0 aromatic carbocycles. The lowest BCUT2D eigenvalue weighted by Crippen LogP contribution is -2.35. The average Bonchev–Trinajstić information content (AvgIpc) is 3.14. The number of nitrogens with two attached hydrogens (primary N) is 1. The molecule has 0 spiro atoms. The van der Waals surface area contributed by atoms with Crippen LogP contribution in [0.15, 0.2) is 12.5 Å². The van der Waals surface area contributed by atoms with Crippen LogP contribution in [-0.2, 0) is 23.1 Å². The van der Waals surface area contributed by atoms with E-state index in [4.69, 9.17) is 19.7 Å².